The normalized spacial score (nSPS) is 36.9. The van der Waals surface area contributed by atoms with Gasteiger partial charge in [-0.15, -0.1) is 0 Å². The van der Waals surface area contributed by atoms with Gasteiger partial charge in [-0.25, -0.2) is 0 Å². The van der Waals surface area contributed by atoms with Gasteiger partial charge in [0, 0.05) is 5.56 Å². The van der Waals surface area contributed by atoms with Gasteiger partial charge in [0.05, 0.1) is 18.9 Å². The van der Waals surface area contributed by atoms with Crippen LogP contribution in [-0.4, -0.2) is 29.8 Å². The molecular weight excluding hydrogens is 320 g/mol. The molecule has 5 aliphatic rings. The molecule has 128 valence electrons. The average molecular weight is 338 g/mol. The van der Waals surface area contributed by atoms with Crippen molar-refractivity contribution in [3.63, 3.8) is 0 Å². The quantitative estimate of drug-likeness (QED) is 0.668. The van der Waals surface area contributed by atoms with E-state index in [1.165, 1.54) is 0 Å². The number of hydrogen-bond acceptors (Lipinski definition) is 4. The minimum atomic E-state index is -0.464. The number of benzene rings is 1. The highest BCUT2D eigenvalue weighted by atomic mass is 16.5. The molecule has 1 N–H and O–H groups in total. The summed E-state index contributed by atoms with van der Waals surface area (Å²) in [6.07, 6.45) is 5.34. The number of amides is 3. The molecule has 0 unspecified atom stereocenters. The summed E-state index contributed by atoms with van der Waals surface area (Å²) >= 11 is 0. The Bertz CT molecular complexity index is 779. The van der Waals surface area contributed by atoms with E-state index in [-0.39, 0.29) is 35.5 Å². The summed E-state index contributed by atoms with van der Waals surface area (Å²) in [4.78, 5) is 38.1. The van der Waals surface area contributed by atoms with E-state index in [2.05, 4.69) is 17.6 Å². The van der Waals surface area contributed by atoms with E-state index in [0.717, 1.165) is 11.4 Å². The first-order chi connectivity index (χ1) is 12.1. The van der Waals surface area contributed by atoms with Crippen LogP contribution in [0.2, 0.25) is 0 Å². The second-order valence-corrected chi connectivity index (χ2v) is 7.34. The lowest BCUT2D eigenvalue weighted by Gasteiger charge is -2.37. The largest absolute Gasteiger partial charge is 0.497 e. The van der Waals surface area contributed by atoms with E-state index in [1.807, 2.05) is 0 Å². The predicted molar refractivity (Wildman–Crippen MR) is 87.0 cm³/mol. The van der Waals surface area contributed by atoms with E-state index in [9.17, 15) is 14.4 Å². The number of ether oxygens (including phenoxy) is 1. The molecule has 0 aromatic heterocycles. The van der Waals surface area contributed by atoms with Crippen molar-refractivity contribution in [2.45, 2.75) is 6.42 Å². The van der Waals surface area contributed by atoms with Crippen molar-refractivity contribution in [1.29, 1.82) is 0 Å². The van der Waals surface area contributed by atoms with Gasteiger partial charge in [0.2, 0.25) is 0 Å². The Morgan fingerprint density at radius 3 is 2.12 bits per heavy atom. The monoisotopic (exact) mass is 338 g/mol. The van der Waals surface area contributed by atoms with Gasteiger partial charge in [-0.05, 0) is 54.4 Å². The number of hydrazine groups is 1. The lowest BCUT2D eigenvalue weighted by Crippen LogP contribution is -2.46. The first kappa shape index (κ1) is 14.7. The highest BCUT2D eigenvalue weighted by Gasteiger charge is 2.67. The molecule has 2 saturated carbocycles. The molecule has 1 heterocycles. The summed E-state index contributed by atoms with van der Waals surface area (Å²) in [6.45, 7) is 0. The third-order valence-electron chi connectivity index (χ3n) is 6.23. The minimum absolute atomic E-state index is 0.152. The molecule has 3 fully saturated rings. The first-order valence-electron chi connectivity index (χ1n) is 8.61. The Morgan fingerprint density at radius 1 is 1.04 bits per heavy atom. The molecule has 6 heteroatoms. The smallest absolute Gasteiger partial charge is 0.270 e. The van der Waals surface area contributed by atoms with E-state index < -0.39 is 5.91 Å². The van der Waals surface area contributed by atoms with Crippen molar-refractivity contribution in [2.24, 2.45) is 35.5 Å². The molecular formula is C19H18N2O4. The first-order valence-corrected chi connectivity index (χ1v) is 8.61. The number of methoxy groups -OCH3 is 1. The standard InChI is InChI=1S/C19H18N2O4/c1-25-10-4-2-9(3-5-10)17(22)20-21-18(23)15-11-6-7-12(14-8-13(11)14)16(15)19(21)24/h2-7,11-16H,8H2,1H3,(H,20,22)/t11-,12-,13-,14+,15+,16-/m1/s1. The van der Waals surface area contributed by atoms with E-state index in [0.29, 0.717) is 23.1 Å². The highest BCUT2D eigenvalue weighted by molar-refractivity contribution is 6.08. The lowest BCUT2D eigenvalue weighted by atomic mass is 9.63. The topological polar surface area (TPSA) is 75.7 Å². The fourth-order valence-electron chi connectivity index (χ4n) is 4.98. The van der Waals surface area contributed by atoms with Crippen molar-refractivity contribution in [1.82, 2.24) is 10.4 Å². The number of nitrogens with zero attached hydrogens (tertiary/aromatic N) is 1. The molecule has 6 rings (SSSR count). The zero-order valence-corrected chi connectivity index (χ0v) is 13.7. The number of hydrogen-bond donors (Lipinski definition) is 1. The molecule has 25 heavy (non-hydrogen) atoms. The minimum Gasteiger partial charge on any atom is -0.497 e. The number of carbonyl (C=O) groups excluding carboxylic acids is 3. The van der Waals surface area contributed by atoms with Crippen LogP contribution >= 0.6 is 0 Å². The zero-order chi connectivity index (χ0) is 17.3. The number of nitrogens with one attached hydrogen (secondary N) is 1. The summed E-state index contributed by atoms with van der Waals surface area (Å²) in [5.41, 5.74) is 2.89. The van der Waals surface area contributed by atoms with Crippen molar-refractivity contribution in [2.75, 3.05) is 7.11 Å². The number of allylic oxidation sites excluding steroid dienone is 2. The fourth-order valence-corrected chi connectivity index (χ4v) is 4.98. The van der Waals surface area contributed by atoms with Crippen molar-refractivity contribution in [3.8, 4) is 5.75 Å². The van der Waals surface area contributed by atoms with E-state index >= 15 is 0 Å². The number of imide groups is 1. The van der Waals surface area contributed by atoms with Gasteiger partial charge in [0.25, 0.3) is 17.7 Å². The van der Waals surface area contributed by atoms with E-state index in [4.69, 9.17) is 4.74 Å². The van der Waals surface area contributed by atoms with Gasteiger partial charge < -0.3 is 4.74 Å². The number of carbonyl (C=O) groups is 3. The average Bonchev–Trinajstić information content (AvgIpc) is 3.43. The second-order valence-electron chi connectivity index (χ2n) is 7.34. The fraction of sp³-hybridized carbons (Fsp3) is 0.421. The van der Waals surface area contributed by atoms with Crippen molar-refractivity contribution in [3.05, 3.63) is 42.0 Å². The maximum absolute atomic E-state index is 12.8. The van der Waals surface area contributed by atoms with Crippen LogP contribution in [0.3, 0.4) is 0 Å². The van der Waals surface area contributed by atoms with Gasteiger partial charge in [-0.3, -0.25) is 19.8 Å². The van der Waals surface area contributed by atoms with Crippen molar-refractivity contribution < 1.29 is 19.1 Å². The van der Waals surface area contributed by atoms with Crippen LogP contribution in [-0.2, 0) is 9.59 Å². The van der Waals surface area contributed by atoms with Crippen molar-refractivity contribution >= 4 is 17.7 Å². The Labute approximate surface area is 144 Å². The van der Waals surface area contributed by atoms with Crippen LogP contribution in [0.15, 0.2) is 36.4 Å². The molecule has 1 aliphatic heterocycles. The molecule has 0 spiro atoms. The molecule has 6 nitrogen and oxygen atoms in total. The molecule has 4 aliphatic carbocycles. The van der Waals surface area contributed by atoms with Crippen LogP contribution in [0.25, 0.3) is 0 Å². The summed E-state index contributed by atoms with van der Waals surface area (Å²) in [6, 6.07) is 6.54. The van der Waals surface area contributed by atoms with Crippen LogP contribution in [0, 0.1) is 35.5 Å². The SMILES string of the molecule is COc1ccc(C(=O)NN2C(=O)[C@@H]3[C@@H]4C=C[C@H]([C@H]5C[C@@H]45)[C@@H]3C2=O)cc1. The summed E-state index contributed by atoms with van der Waals surface area (Å²) in [5.74, 6) is 0.438. The molecule has 0 radical (unpaired) electrons. The summed E-state index contributed by atoms with van der Waals surface area (Å²) in [7, 11) is 1.55. The summed E-state index contributed by atoms with van der Waals surface area (Å²) < 4.78 is 5.07. The zero-order valence-electron chi connectivity index (χ0n) is 13.7. The Hall–Kier alpha value is -2.63. The molecule has 2 bridgehead atoms. The van der Waals surface area contributed by atoms with Gasteiger partial charge in [0.15, 0.2) is 0 Å². The molecule has 1 aromatic rings. The van der Waals surface area contributed by atoms with E-state index in [1.54, 1.807) is 31.4 Å². The number of rotatable bonds is 3. The third kappa shape index (κ3) is 1.94. The summed E-state index contributed by atoms with van der Waals surface area (Å²) in [5, 5.41) is 0.958. The maximum Gasteiger partial charge on any atom is 0.270 e. The molecule has 1 aromatic carbocycles. The Kier molecular flexibility index (Phi) is 2.90. The van der Waals surface area contributed by atoms with Crippen LogP contribution in [0.4, 0.5) is 0 Å². The van der Waals surface area contributed by atoms with Gasteiger partial charge in [0.1, 0.15) is 5.75 Å². The highest BCUT2D eigenvalue weighted by Crippen LogP contribution is 2.65. The maximum atomic E-state index is 12.8. The van der Waals surface area contributed by atoms with Gasteiger partial charge >= 0.3 is 0 Å². The van der Waals surface area contributed by atoms with Crippen LogP contribution in [0.5, 0.6) is 5.75 Å². The van der Waals surface area contributed by atoms with Gasteiger partial charge in [-0.2, -0.15) is 5.01 Å². The lowest BCUT2D eigenvalue weighted by molar-refractivity contribution is -0.143. The Morgan fingerprint density at radius 2 is 1.60 bits per heavy atom. The second kappa shape index (κ2) is 4.94. The molecule has 6 atom stereocenters. The third-order valence-corrected chi connectivity index (χ3v) is 6.23. The molecule has 1 saturated heterocycles. The molecule has 3 amide bonds. The van der Waals surface area contributed by atoms with Gasteiger partial charge in [-0.1, -0.05) is 12.2 Å². The Balaban J connectivity index is 1.37. The van der Waals surface area contributed by atoms with Crippen LogP contribution in [0.1, 0.15) is 16.8 Å². The van der Waals surface area contributed by atoms with Crippen LogP contribution < -0.4 is 10.2 Å². The predicted octanol–water partition coefficient (Wildman–Crippen LogP) is 1.39.